The predicted octanol–water partition coefficient (Wildman–Crippen LogP) is 5.30. The quantitative estimate of drug-likeness (QED) is 0.0125. The van der Waals surface area contributed by atoms with Crippen LogP contribution in [0.5, 0.6) is 0 Å². The van der Waals surface area contributed by atoms with E-state index in [0.29, 0.717) is 25.7 Å². The molecule has 0 saturated heterocycles. The van der Waals surface area contributed by atoms with Crippen LogP contribution in [0.3, 0.4) is 0 Å². The lowest BCUT2D eigenvalue weighted by molar-refractivity contribution is -0.216. The SMILES string of the molecule is CC/C=C\C[C@@H](O)/C=C/C=C/C=C\C=C/[C@H](O)[C@@H](O)CCCC(=O)OC[C@H](COP(=O)(O)O[C@H]1C(O)C(O)C(O)[C@@H](OP(=O)(O)O)C1O)OC(=O)CCCC/C=C\C/C=C\C/C=C\CCCCC. The number of phosphoric acid groups is 2. The molecule has 1 saturated carbocycles. The summed E-state index contributed by atoms with van der Waals surface area (Å²) < 4.78 is 49.0. The molecule has 10 N–H and O–H groups in total. The van der Waals surface area contributed by atoms with Gasteiger partial charge < -0.3 is 59.9 Å². The minimum Gasteiger partial charge on any atom is -0.462 e. The van der Waals surface area contributed by atoms with Gasteiger partial charge in [0.25, 0.3) is 0 Å². The van der Waals surface area contributed by atoms with E-state index in [1.807, 2.05) is 31.2 Å². The molecule has 388 valence electrons. The second-order valence-corrected chi connectivity index (χ2v) is 18.5. The molecule has 1 aliphatic carbocycles. The Kier molecular flexibility index (Phi) is 33.9. The Balaban J connectivity index is 2.78. The van der Waals surface area contributed by atoms with Crippen LogP contribution in [0.4, 0.5) is 0 Å². The van der Waals surface area contributed by atoms with E-state index in [1.54, 1.807) is 36.5 Å². The lowest BCUT2D eigenvalue weighted by Crippen LogP contribution is -2.64. The fourth-order valence-corrected chi connectivity index (χ4v) is 7.79. The van der Waals surface area contributed by atoms with E-state index in [-0.39, 0.29) is 25.7 Å². The van der Waals surface area contributed by atoms with Crippen LogP contribution in [0.25, 0.3) is 0 Å². The van der Waals surface area contributed by atoms with Crippen LogP contribution in [-0.2, 0) is 41.8 Å². The van der Waals surface area contributed by atoms with Crippen LogP contribution in [0.1, 0.15) is 110 Å². The van der Waals surface area contributed by atoms with Gasteiger partial charge in [0.2, 0.25) is 0 Å². The van der Waals surface area contributed by atoms with Crippen molar-refractivity contribution in [2.24, 2.45) is 0 Å². The third-order valence-electron chi connectivity index (χ3n) is 9.98. The molecular weight excluding hydrogens is 930 g/mol. The van der Waals surface area contributed by atoms with Crippen molar-refractivity contribution in [3.8, 4) is 0 Å². The summed E-state index contributed by atoms with van der Waals surface area (Å²) in [5.41, 5.74) is 0. The molecule has 0 radical (unpaired) electrons. The highest BCUT2D eigenvalue weighted by molar-refractivity contribution is 7.47. The molecule has 0 aromatic carbocycles. The molecule has 19 nitrogen and oxygen atoms in total. The monoisotopic (exact) mass is 1010 g/mol. The standard InChI is InChI=1S/C47H76O19P2/c1-3-5-7-8-9-10-11-12-13-14-15-16-17-22-26-32-41(52)64-37(35-63-68(60,61)66-47-44(55)42(53)43(54)46(45(47)56)65-67(57,58)59)34-62-40(51)33-27-31-39(50)38(49)30-25-21-19-18-20-24-29-36(48)28-23-6-4-2/h6,9-10,12-13,15-16,18-21,23-25,29-30,36-39,42-50,53-56H,3-5,7-8,11,14,17,22,26-28,31-35H2,1-2H3,(H,60,61)(H2,57,58,59)/b10-9-,13-12-,16-15-,20-18+,21-19-,23-6-,29-24+,30-25-/t36-,37-,38+,39+,42?,43?,44?,45?,46-,47+/m1/s1. The van der Waals surface area contributed by atoms with E-state index < -0.39 is 102 Å². The number of rotatable bonds is 36. The van der Waals surface area contributed by atoms with Gasteiger partial charge in [-0.2, -0.15) is 0 Å². The maximum Gasteiger partial charge on any atom is 0.472 e. The second kappa shape index (κ2) is 36.7. The molecule has 0 amide bonds. The Hall–Kier alpha value is -3.20. The average Bonchev–Trinajstić information content (AvgIpc) is 3.28. The van der Waals surface area contributed by atoms with Crippen LogP contribution < -0.4 is 0 Å². The Morgan fingerprint density at radius 3 is 1.76 bits per heavy atom. The van der Waals surface area contributed by atoms with E-state index in [1.165, 1.54) is 31.4 Å². The molecule has 1 fully saturated rings. The number of ether oxygens (including phenoxy) is 2. The minimum atomic E-state index is -5.41. The summed E-state index contributed by atoms with van der Waals surface area (Å²) in [4.78, 5) is 54.3. The molecule has 1 aliphatic rings. The van der Waals surface area contributed by atoms with Gasteiger partial charge in [-0.05, 0) is 70.6 Å². The van der Waals surface area contributed by atoms with E-state index in [4.69, 9.17) is 28.3 Å². The van der Waals surface area contributed by atoms with Crippen molar-refractivity contribution < 1.29 is 92.2 Å². The Bertz CT molecular complexity index is 1740. The summed E-state index contributed by atoms with van der Waals surface area (Å²) in [5.74, 6) is -1.59. The van der Waals surface area contributed by atoms with Gasteiger partial charge in [-0.1, -0.05) is 124 Å². The van der Waals surface area contributed by atoms with Crippen LogP contribution in [0.15, 0.2) is 97.2 Å². The zero-order valence-corrected chi connectivity index (χ0v) is 40.9. The van der Waals surface area contributed by atoms with Crippen molar-refractivity contribution in [3.05, 3.63) is 97.2 Å². The van der Waals surface area contributed by atoms with Crippen LogP contribution in [0.2, 0.25) is 0 Å². The van der Waals surface area contributed by atoms with E-state index in [9.17, 15) is 59.4 Å². The van der Waals surface area contributed by atoms with Crippen molar-refractivity contribution in [1.29, 1.82) is 0 Å². The van der Waals surface area contributed by atoms with Gasteiger partial charge in [-0.15, -0.1) is 0 Å². The summed E-state index contributed by atoms with van der Waals surface area (Å²) >= 11 is 0. The average molecular weight is 1010 g/mol. The second-order valence-electron chi connectivity index (χ2n) is 16.0. The summed E-state index contributed by atoms with van der Waals surface area (Å²) in [6.07, 6.45) is 20.1. The zero-order valence-electron chi connectivity index (χ0n) is 39.1. The van der Waals surface area contributed by atoms with Crippen LogP contribution in [0, 0.1) is 0 Å². The molecule has 68 heavy (non-hydrogen) atoms. The molecule has 0 aromatic rings. The largest absolute Gasteiger partial charge is 0.472 e. The van der Waals surface area contributed by atoms with Gasteiger partial charge in [0, 0.05) is 12.8 Å². The van der Waals surface area contributed by atoms with Crippen molar-refractivity contribution in [3.63, 3.8) is 0 Å². The van der Waals surface area contributed by atoms with Gasteiger partial charge in [-0.3, -0.25) is 23.2 Å². The van der Waals surface area contributed by atoms with Gasteiger partial charge >= 0.3 is 27.6 Å². The summed E-state index contributed by atoms with van der Waals surface area (Å²) in [6.45, 7) is 2.54. The smallest absolute Gasteiger partial charge is 0.462 e. The number of esters is 2. The highest BCUT2D eigenvalue weighted by Crippen LogP contribution is 2.49. The highest BCUT2D eigenvalue weighted by Gasteiger charge is 2.54. The number of aliphatic hydroxyl groups excluding tert-OH is 7. The first-order chi connectivity index (χ1) is 32.3. The first kappa shape index (κ1) is 62.8. The van der Waals surface area contributed by atoms with Crippen molar-refractivity contribution in [1.82, 2.24) is 0 Å². The molecule has 0 spiro atoms. The lowest BCUT2D eigenvalue weighted by Gasteiger charge is -2.43. The fourth-order valence-electron chi connectivity index (χ4n) is 6.25. The van der Waals surface area contributed by atoms with E-state index >= 15 is 0 Å². The number of carbonyl (C=O) groups excluding carboxylic acids is 2. The molecular formula is C47H76O19P2. The molecule has 0 aromatic heterocycles. The first-order valence-electron chi connectivity index (χ1n) is 23.1. The number of aliphatic hydroxyl groups is 7. The number of allylic oxidation sites excluding steroid dienone is 13. The van der Waals surface area contributed by atoms with Gasteiger partial charge in [0.15, 0.2) is 6.10 Å². The summed E-state index contributed by atoms with van der Waals surface area (Å²) in [5, 5.41) is 71.7. The van der Waals surface area contributed by atoms with Gasteiger partial charge in [0.05, 0.1) is 24.9 Å². The molecule has 21 heteroatoms. The molecule has 0 bridgehead atoms. The van der Waals surface area contributed by atoms with Gasteiger partial charge in [-0.25, -0.2) is 9.13 Å². The Labute approximate surface area is 400 Å². The summed E-state index contributed by atoms with van der Waals surface area (Å²) in [6, 6.07) is 0. The highest BCUT2D eigenvalue weighted by atomic mass is 31.2. The number of hydrogen-bond donors (Lipinski definition) is 10. The zero-order chi connectivity index (χ0) is 50.8. The maximum absolute atomic E-state index is 13.0. The topological polar surface area (TPSA) is 317 Å². The van der Waals surface area contributed by atoms with Crippen LogP contribution >= 0.6 is 15.6 Å². The van der Waals surface area contributed by atoms with Crippen LogP contribution in [-0.4, -0.2) is 137 Å². The van der Waals surface area contributed by atoms with Crippen molar-refractivity contribution in [2.45, 2.75) is 171 Å². The Morgan fingerprint density at radius 2 is 1.16 bits per heavy atom. The van der Waals surface area contributed by atoms with E-state index in [0.717, 1.165) is 25.7 Å². The molecule has 11 atom stereocenters. The third-order valence-corrected chi connectivity index (χ3v) is 11.5. The first-order valence-corrected chi connectivity index (χ1v) is 26.1. The number of phosphoric ester groups is 2. The maximum atomic E-state index is 13.0. The lowest BCUT2D eigenvalue weighted by atomic mass is 9.85. The fraction of sp³-hybridized carbons (Fsp3) is 0.617. The number of unbranched alkanes of at least 4 members (excludes halogenated alkanes) is 5. The minimum absolute atomic E-state index is 0.00919. The molecule has 1 rings (SSSR count). The normalized spacial score (nSPS) is 23.5. The molecule has 0 heterocycles. The van der Waals surface area contributed by atoms with Gasteiger partial charge in [0.1, 0.15) is 43.2 Å². The third kappa shape index (κ3) is 30.4. The predicted molar refractivity (Wildman–Crippen MR) is 254 cm³/mol. The van der Waals surface area contributed by atoms with Crippen molar-refractivity contribution >= 4 is 27.6 Å². The number of carbonyl (C=O) groups is 2. The summed E-state index contributed by atoms with van der Waals surface area (Å²) in [7, 11) is -10.8. The number of hydrogen-bond acceptors (Lipinski definition) is 16. The molecule has 5 unspecified atom stereocenters. The molecule has 0 aliphatic heterocycles. The Morgan fingerprint density at radius 1 is 0.603 bits per heavy atom. The van der Waals surface area contributed by atoms with E-state index in [2.05, 4.69) is 35.8 Å². The van der Waals surface area contributed by atoms with Crippen molar-refractivity contribution in [2.75, 3.05) is 13.2 Å².